The van der Waals surface area contributed by atoms with Gasteiger partial charge in [0.05, 0.1) is 11.4 Å². The van der Waals surface area contributed by atoms with Gasteiger partial charge in [0.2, 0.25) is 0 Å². The Bertz CT molecular complexity index is 542. The third-order valence-corrected chi connectivity index (χ3v) is 3.56. The first-order valence-corrected chi connectivity index (χ1v) is 6.52. The van der Waals surface area contributed by atoms with Crippen LogP contribution in [0.5, 0.6) is 0 Å². The number of aliphatic carboxylic acids is 1. The van der Waals surface area contributed by atoms with Crippen LogP contribution >= 0.6 is 0 Å². The summed E-state index contributed by atoms with van der Waals surface area (Å²) < 4.78 is 0. The van der Waals surface area contributed by atoms with Crippen molar-refractivity contribution in [3.63, 3.8) is 0 Å². The van der Waals surface area contributed by atoms with Crippen LogP contribution in [0.3, 0.4) is 0 Å². The summed E-state index contributed by atoms with van der Waals surface area (Å²) in [5.41, 5.74) is 7.69. The van der Waals surface area contributed by atoms with E-state index in [0.29, 0.717) is 30.6 Å². The van der Waals surface area contributed by atoms with Gasteiger partial charge in [-0.3, -0.25) is 4.79 Å². The molecule has 1 fully saturated rings. The lowest BCUT2D eigenvalue weighted by atomic mass is 10.1. The Balaban J connectivity index is 2.25. The van der Waals surface area contributed by atoms with Crippen LogP contribution in [0.4, 0.5) is 11.4 Å². The highest BCUT2D eigenvalue weighted by atomic mass is 16.4. The first kappa shape index (κ1) is 14.2. The Morgan fingerprint density at radius 3 is 2.65 bits per heavy atom. The molecule has 0 spiro atoms. The van der Waals surface area contributed by atoms with Crippen molar-refractivity contribution in [2.24, 2.45) is 0 Å². The Kier molecular flexibility index (Phi) is 3.83. The standard InChI is InChI=1S/C14H19N3O3/c1-16(2)11-6-5-9(8-10(11)15)13(18)17-7-3-4-12(17)14(19)20/h5-6,8,12H,3-4,7,15H2,1-2H3,(H,19,20). The normalized spacial score (nSPS) is 18.1. The van der Waals surface area contributed by atoms with E-state index in [0.717, 1.165) is 5.69 Å². The molecule has 6 nitrogen and oxygen atoms in total. The van der Waals surface area contributed by atoms with Crippen molar-refractivity contribution in [2.75, 3.05) is 31.3 Å². The van der Waals surface area contributed by atoms with Gasteiger partial charge in [-0.25, -0.2) is 4.79 Å². The van der Waals surface area contributed by atoms with Gasteiger partial charge in [-0.1, -0.05) is 0 Å². The lowest BCUT2D eigenvalue weighted by Gasteiger charge is -2.22. The predicted molar refractivity (Wildman–Crippen MR) is 76.9 cm³/mol. The molecule has 1 aromatic rings. The topological polar surface area (TPSA) is 86.9 Å². The third-order valence-electron chi connectivity index (χ3n) is 3.56. The number of rotatable bonds is 3. The van der Waals surface area contributed by atoms with Crippen LogP contribution < -0.4 is 10.6 Å². The van der Waals surface area contributed by atoms with Gasteiger partial charge in [-0.15, -0.1) is 0 Å². The molecular formula is C14H19N3O3. The van der Waals surface area contributed by atoms with Crippen LogP contribution in [0.25, 0.3) is 0 Å². The quantitative estimate of drug-likeness (QED) is 0.806. The summed E-state index contributed by atoms with van der Waals surface area (Å²) in [6, 6.07) is 4.34. The maximum Gasteiger partial charge on any atom is 0.326 e. The monoisotopic (exact) mass is 277 g/mol. The van der Waals surface area contributed by atoms with Crippen LogP contribution in [0, 0.1) is 0 Å². The summed E-state index contributed by atoms with van der Waals surface area (Å²) in [5, 5.41) is 9.13. The summed E-state index contributed by atoms with van der Waals surface area (Å²) >= 11 is 0. The number of amides is 1. The highest BCUT2D eigenvalue weighted by molar-refractivity contribution is 5.98. The van der Waals surface area contributed by atoms with Crippen molar-refractivity contribution in [2.45, 2.75) is 18.9 Å². The van der Waals surface area contributed by atoms with Gasteiger partial charge in [0.25, 0.3) is 5.91 Å². The van der Waals surface area contributed by atoms with E-state index in [9.17, 15) is 9.59 Å². The van der Waals surface area contributed by atoms with Crippen molar-refractivity contribution in [3.8, 4) is 0 Å². The number of carboxylic acids is 1. The zero-order chi connectivity index (χ0) is 14.9. The van der Waals surface area contributed by atoms with Crippen LogP contribution in [0.1, 0.15) is 23.2 Å². The summed E-state index contributed by atoms with van der Waals surface area (Å²) in [5.74, 6) is -1.22. The van der Waals surface area contributed by atoms with Crippen LogP contribution in [-0.2, 0) is 4.79 Å². The molecule has 0 aliphatic carbocycles. The number of benzene rings is 1. The lowest BCUT2D eigenvalue weighted by molar-refractivity contribution is -0.141. The molecule has 1 amide bonds. The molecule has 0 saturated carbocycles. The summed E-state index contributed by atoms with van der Waals surface area (Å²) in [7, 11) is 3.74. The highest BCUT2D eigenvalue weighted by Gasteiger charge is 2.34. The number of hydrogen-bond acceptors (Lipinski definition) is 4. The van der Waals surface area contributed by atoms with E-state index in [1.807, 2.05) is 19.0 Å². The predicted octanol–water partition coefficient (Wildman–Crippen LogP) is 1.02. The maximum absolute atomic E-state index is 12.4. The fraction of sp³-hybridized carbons (Fsp3) is 0.429. The van der Waals surface area contributed by atoms with Gasteiger partial charge in [-0.2, -0.15) is 0 Å². The second kappa shape index (κ2) is 5.40. The van der Waals surface area contributed by atoms with E-state index in [1.165, 1.54) is 4.90 Å². The third kappa shape index (κ3) is 2.54. The molecule has 1 unspecified atom stereocenters. The van der Waals surface area contributed by atoms with E-state index in [-0.39, 0.29) is 5.91 Å². The number of nitrogens with zero attached hydrogens (tertiary/aromatic N) is 2. The number of carbonyl (C=O) groups is 2. The van der Waals surface area contributed by atoms with E-state index >= 15 is 0 Å². The SMILES string of the molecule is CN(C)c1ccc(C(=O)N2CCCC2C(=O)O)cc1N. The fourth-order valence-electron chi connectivity index (χ4n) is 2.53. The number of carbonyl (C=O) groups excluding carboxylic acids is 1. The zero-order valence-electron chi connectivity index (χ0n) is 11.7. The molecule has 3 N–H and O–H groups in total. The van der Waals surface area contributed by atoms with Crippen molar-refractivity contribution < 1.29 is 14.7 Å². The van der Waals surface area contributed by atoms with Gasteiger partial charge in [0.15, 0.2) is 0 Å². The molecule has 2 rings (SSSR count). The summed E-state index contributed by atoms with van der Waals surface area (Å²) in [4.78, 5) is 26.8. The average molecular weight is 277 g/mol. The van der Waals surface area contributed by atoms with Crippen molar-refractivity contribution in [1.82, 2.24) is 4.90 Å². The number of nitrogens with two attached hydrogens (primary N) is 1. The molecule has 0 bridgehead atoms. The highest BCUT2D eigenvalue weighted by Crippen LogP contribution is 2.25. The number of carboxylic acid groups (broad SMARTS) is 1. The van der Waals surface area contributed by atoms with E-state index in [2.05, 4.69) is 0 Å². The Labute approximate surface area is 117 Å². The first-order valence-electron chi connectivity index (χ1n) is 6.52. The molecule has 1 heterocycles. The Morgan fingerprint density at radius 2 is 2.10 bits per heavy atom. The minimum Gasteiger partial charge on any atom is -0.480 e. The van der Waals surface area contributed by atoms with Crippen LogP contribution in [-0.4, -0.2) is 48.6 Å². The summed E-state index contributed by atoms with van der Waals surface area (Å²) in [6.45, 7) is 0.477. The van der Waals surface area contributed by atoms with Crippen molar-refractivity contribution in [3.05, 3.63) is 23.8 Å². The zero-order valence-corrected chi connectivity index (χ0v) is 11.7. The first-order chi connectivity index (χ1) is 9.41. The summed E-state index contributed by atoms with van der Waals surface area (Å²) in [6.07, 6.45) is 1.22. The van der Waals surface area contributed by atoms with Crippen molar-refractivity contribution in [1.29, 1.82) is 0 Å². The van der Waals surface area contributed by atoms with Crippen molar-refractivity contribution >= 4 is 23.3 Å². The van der Waals surface area contributed by atoms with Gasteiger partial charge in [0.1, 0.15) is 6.04 Å². The minimum absolute atomic E-state index is 0.271. The Hall–Kier alpha value is -2.24. The Morgan fingerprint density at radius 1 is 1.40 bits per heavy atom. The largest absolute Gasteiger partial charge is 0.480 e. The molecule has 0 radical (unpaired) electrons. The van der Waals surface area contributed by atoms with Crippen LogP contribution in [0.2, 0.25) is 0 Å². The average Bonchev–Trinajstić information content (AvgIpc) is 2.86. The molecule has 1 aromatic carbocycles. The molecular weight excluding hydrogens is 258 g/mol. The van der Waals surface area contributed by atoms with Crippen LogP contribution in [0.15, 0.2) is 18.2 Å². The lowest BCUT2D eigenvalue weighted by Crippen LogP contribution is -2.40. The second-order valence-corrected chi connectivity index (χ2v) is 5.16. The van der Waals surface area contributed by atoms with Gasteiger partial charge in [-0.05, 0) is 31.0 Å². The number of anilines is 2. The minimum atomic E-state index is -0.950. The van der Waals surface area contributed by atoms with E-state index in [4.69, 9.17) is 10.8 Å². The molecule has 20 heavy (non-hydrogen) atoms. The molecule has 108 valence electrons. The number of nitrogen functional groups attached to an aromatic ring is 1. The molecule has 1 aliphatic heterocycles. The fourth-order valence-corrected chi connectivity index (χ4v) is 2.53. The van der Waals surface area contributed by atoms with Gasteiger partial charge >= 0.3 is 5.97 Å². The van der Waals surface area contributed by atoms with Gasteiger partial charge < -0.3 is 20.6 Å². The number of hydrogen-bond donors (Lipinski definition) is 2. The van der Waals surface area contributed by atoms with E-state index < -0.39 is 12.0 Å². The second-order valence-electron chi connectivity index (χ2n) is 5.16. The molecule has 1 atom stereocenters. The molecule has 1 saturated heterocycles. The molecule has 0 aromatic heterocycles. The van der Waals surface area contributed by atoms with E-state index in [1.54, 1.807) is 18.2 Å². The molecule has 1 aliphatic rings. The number of likely N-dealkylation sites (tertiary alicyclic amines) is 1. The molecule has 6 heteroatoms. The smallest absolute Gasteiger partial charge is 0.326 e. The maximum atomic E-state index is 12.4. The van der Waals surface area contributed by atoms with Gasteiger partial charge in [0, 0.05) is 26.2 Å².